The summed E-state index contributed by atoms with van der Waals surface area (Å²) in [6, 6.07) is 8.69. The van der Waals surface area contributed by atoms with Crippen molar-refractivity contribution in [2.75, 3.05) is 32.1 Å². The molecule has 0 radical (unpaired) electrons. The highest BCUT2D eigenvalue weighted by molar-refractivity contribution is 7.99. The van der Waals surface area contributed by atoms with E-state index < -0.39 is 10.0 Å². The number of carbonyl (C=O) groups is 1. The Kier molecular flexibility index (Phi) is 6.52. The zero-order valence-electron chi connectivity index (χ0n) is 18.2. The number of hydrogen-bond donors (Lipinski definition) is 0. The van der Waals surface area contributed by atoms with Crippen molar-refractivity contribution in [3.8, 4) is 5.69 Å². The van der Waals surface area contributed by atoms with Gasteiger partial charge in [-0.3, -0.25) is 4.79 Å². The van der Waals surface area contributed by atoms with E-state index in [0.29, 0.717) is 42.7 Å². The zero-order chi connectivity index (χ0) is 22.9. The van der Waals surface area contributed by atoms with Gasteiger partial charge in [0.15, 0.2) is 10.9 Å². The zero-order valence-corrected chi connectivity index (χ0v) is 19.8. The maximum atomic E-state index is 13.1. The molecule has 3 heterocycles. The molecule has 170 valence electrons. The summed E-state index contributed by atoms with van der Waals surface area (Å²) >= 11 is 1.33. The number of hydrogen-bond acceptors (Lipinski definition) is 7. The number of thioether (sulfide) groups is 1. The number of aryl methyl sites for hydroxylation is 2. The third-order valence-electron chi connectivity index (χ3n) is 5.42. The number of benzene rings is 1. The highest BCUT2D eigenvalue weighted by atomic mass is 32.2. The number of aromatic nitrogens is 4. The molecular formula is C21H25N5O4S2. The van der Waals surface area contributed by atoms with Crippen molar-refractivity contribution in [2.24, 2.45) is 7.05 Å². The SMILES string of the molecule is Cc1cc(C(=O)CSc2nncn2C)c(C)n1-c1cccc(S(=O)(=O)N2CCOCC2)c1. The van der Waals surface area contributed by atoms with Crippen LogP contribution in [0.1, 0.15) is 21.7 Å². The third-order valence-corrected chi connectivity index (χ3v) is 8.35. The first-order valence-corrected chi connectivity index (χ1v) is 12.6. The van der Waals surface area contributed by atoms with Gasteiger partial charge in [-0.1, -0.05) is 17.8 Å². The number of Topliss-reactive ketones (excluding diaryl/α,β-unsaturated/α-hetero) is 1. The number of ketones is 1. The Morgan fingerprint density at radius 3 is 2.62 bits per heavy atom. The average Bonchev–Trinajstić information content (AvgIpc) is 3.34. The van der Waals surface area contributed by atoms with Gasteiger partial charge in [-0.05, 0) is 38.1 Å². The first-order chi connectivity index (χ1) is 15.3. The van der Waals surface area contributed by atoms with Crippen LogP contribution in [-0.2, 0) is 21.8 Å². The minimum absolute atomic E-state index is 0.0190. The number of rotatable bonds is 7. The van der Waals surface area contributed by atoms with Crippen LogP contribution in [0.5, 0.6) is 0 Å². The Bertz CT molecular complexity index is 1240. The van der Waals surface area contributed by atoms with E-state index in [1.54, 1.807) is 29.1 Å². The standard InChI is InChI=1S/C21H25N5O4S2/c1-15-11-19(20(27)13-31-21-23-22-14-24(21)3)16(2)26(15)17-5-4-6-18(12-17)32(28,29)25-7-9-30-10-8-25/h4-6,11-12,14H,7-10,13H2,1-3H3. The van der Waals surface area contributed by atoms with Crippen LogP contribution in [0.15, 0.2) is 46.7 Å². The van der Waals surface area contributed by atoms with Crippen LogP contribution in [0.4, 0.5) is 0 Å². The lowest BCUT2D eigenvalue weighted by atomic mass is 10.2. The second kappa shape index (κ2) is 9.18. The van der Waals surface area contributed by atoms with Crippen LogP contribution in [-0.4, -0.2) is 69.9 Å². The smallest absolute Gasteiger partial charge is 0.243 e. The van der Waals surface area contributed by atoms with E-state index in [9.17, 15) is 13.2 Å². The van der Waals surface area contributed by atoms with Crippen LogP contribution in [0.3, 0.4) is 0 Å². The number of ether oxygens (including phenoxy) is 1. The van der Waals surface area contributed by atoms with Gasteiger partial charge in [-0.15, -0.1) is 10.2 Å². The van der Waals surface area contributed by atoms with Crippen molar-refractivity contribution in [3.63, 3.8) is 0 Å². The molecule has 11 heteroatoms. The normalized spacial score (nSPS) is 15.2. The van der Waals surface area contributed by atoms with E-state index in [4.69, 9.17) is 4.74 Å². The van der Waals surface area contributed by atoms with Crippen molar-refractivity contribution in [3.05, 3.63) is 53.6 Å². The Labute approximate surface area is 191 Å². The predicted molar refractivity (Wildman–Crippen MR) is 121 cm³/mol. The van der Waals surface area contributed by atoms with Crippen molar-refractivity contribution < 1.29 is 17.9 Å². The van der Waals surface area contributed by atoms with Crippen LogP contribution in [0.25, 0.3) is 5.69 Å². The molecule has 0 N–H and O–H groups in total. The minimum Gasteiger partial charge on any atom is -0.379 e. The van der Waals surface area contributed by atoms with E-state index in [-0.39, 0.29) is 16.4 Å². The quantitative estimate of drug-likeness (QED) is 0.382. The molecule has 0 aliphatic carbocycles. The molecule has 1 aliphatic rings. The minimum atomic E-state index is -3.61. The predicted octanol–water partition coefficient (Wildman–Crippen LogP) is 2.22. The van der Waals surface area contributed by atoms with Gasteiger partial charge < -0.3 is 13.9 Å². The van der Waals surface area contributed by atoms with E-state index in [0.717, 1.165) is 11.4 Å². The highest BCUT2D eigenvalue weighted by Crippen LogP contribution is 2.26. The Morgan fingerprint density at radius 2 is 1.94 bits per heavy atom. The molecule has 1 saturated heterocycles. The lowest BCUT2D eigenvalue weighted by Crippen LogP contribution is -2.40. The molecule has 0 saturated carbocycles. The summed E-state index contributed by atoms with van der Waals surface area (Å²) in [7, 11) is -1.78. The Hall–Kier alpha value is -2.47. The van der Waals surface area contributed by atoms with Crippen LogP contribution in [0, 0.1) is 13.8 Å². The van der Waals surface area contributed by atoms with E-state index >= 15 is 0 Å². The number of sulfonamides is 1. The maximum absolute atomic E-state index is 13.1. The largest absolute Gasteiger partial charge is 0.379 e. The molecule has 1 aromatic carbocycles. The summed E-state index contributed by atoms with van der Waals surface area (Å²) in [5, 5.41) is 8.50. The molecule has 1 aliphatic heterocycles. The van der Waals surface area contributed by atoms with Crippen LogP contribution >= 0.6 is 11.8 Å². The third kappa shape index (κ3) is 4.38. The van der Waals surface area contributed by atoms with Crippen LogP contribution in [0.2, 0.25) is 0 Å². The average molecular weight is 476 g/mol. The summed E-state index contributed by atoms with van der Waals surface area (Å²) in [4.78, 5) is 13.1. The fourth-order valence-electron chi connectivity index (χ4n) is 3.77. The molecule has 3 aromatic rings. The second-order valence-corrected chi connectivity index (χ2v) is 10.5. The van der Waals surface area contributed by atoms with Gasteiger partial charge >= 0.3 is 0 Å². The maximum Gasteiger partial charge on any atom is 0.243 e. The molecule has 0 atom stereocenters. The Balaban J connectivity index is 1.60. The van der Waals surface area contributed by atoms with Gasteiger partial charge in [0.2, 0.25) is 10.0 Å². The van der Waals surface area contributed by atoms with Gasteiger partial charge in [0, 0.05) is 42.8 Å². The number of nitrogens with zero attached hydrogens (tertiary/aromatic N) is 5. The second-order valence-electron chi connectivity index (χ2n) is 7.57. The number of carbonyl (C=O) groups excluding carboxylic acids is 1. The lowest BCUT2D eigenvalue weighted by molar-refractivity contribution is 0.0730. The molecule has 0 amide bonds. The molecule has 1 fully saturated rings. The summed E-state index contributed by atoms with van der Waals surface area (Å²) in [6.45, 7) is 5.25. The fourth-order valence-corrected chi connectivity index (χ4v) is 5.99. The van der Waals surface area contributed by atoms with E-state index in [1.165, 1.54) is 16.1 Å². The van der Waals surface area contributed by atoms with Gasteiger partial charge in [0.25, 0.3) is 0 Å². The van der Waals surface area contributed by atoms with Gasteiger partial charge in [-0.25, -0.2) is 8.42 Å². The lowest BCUT2D eigenvalue weighted by Gasteiger charge is -2.26. The molecule has 0 unspecified atom stereocenters. The van der Waals surface area contributed by atoms with Gasteiger partial charge in [0.05, 0.1) is 23.9 Å². The topological polar surface area (TPSA) is 99.3 Å². The molecule has 9 nitrogen and oxygen atoms in total. The van der Waals surface area contributed by atoms with Crippen molar-refractivity contribution in [1.82, 2.24) is 23.6 Å². The molecule has 32 heavy (non-hydrogen) atoms. The Morgan fingerprint density at radius 1 is 1.19 bits per heavy atom. The van der Waals surface area contributed by atoms with Crippen molar-refractivity contribution in [1.29, 1.82) is 0 Å². The van der Waals surface area contributed by atoms with E-state index in [1.807, 2.05) is 37.6 Å². The number of morpholine rings is 1. The molecule has 0 spiro atoms. The summed E-state index contributed by atoms with van der Waals surface area (Å²) in [5.41, 5.74) is 2.94. The summed E-state index contributed by atoms with van der Waals surface area (Å²) in [5.74, 6) is 0.219. The summed E-state index contributed by atoms with van der Waals surface area (Å²) in [6.07, 6.45) is 1.59. The monoisotopic (exact) mass is 475 g/mol. The van der Waals surface area contributed by atoms with E-state index in [2.05, 4.69) is 10.2 Å². The molecule has 4 rings (SSSR count). The molecule has 0 bridgehead atoms. The first kappa shape index (κ1) is 22.7. The highest BCUT2D eigenvalue weighted by Gasteiger charge is 2.27. The first-order valence-electron chi connectivity index (χ1n) is 10.2. The van der Waals surface area contributed by atoms with Crippen molar-refractivity contribution in [2.45, 2.75) is 23.9 Å². The van der Waals surface area contributed by atoms with Gasteiger partial charge in [0.1, 0.15) is 6.33 Å². The van der Waals surface area contributed by atoms with Crippen molar-refractivity contribution >= 4 is 27.6 Å². The van der Waals surface area contributed by atoms with Crippen LogP contribution < -0.4 is 0 Å². The molecule has 2 aromatic heterocycles. The van der Waals surface area contributed by atoms with Gasteiger partial charge in [-0.2, -0.15) is 4.31 Å². The summed E-state index contributed by atoms with van der Waals surface area (Å²) < 4.78 is 36.5. The fraction of sp³-hybridized carbons (Fsp3) is 0.381. The molecular weight excluding hydrogens is 450 g/mol.